The van der Waals surface area contributed by atoms with Gasteiger partial charge in [0.25, 0.3) is 0 Å². The maximum Gasteiger partial charge on any atom is 0.414 e. The minimum atomic E-state index is -0.923. The summed E-state index contributed by atoms with van der Waals surface area (Å²) in [6.45, 7) is 15.6. The van der Waals surface area contributed by atoms with Crippen LogP contribution in [-0.4, -0.2) is 94.5 Å². The van der Waals surface area contributed by atoms with Crippen LogP contribution < -0.4 is 26.3 Å². The van der Waals surface area contributed by atoms with Crippen LogP contribution in [0.3, 0.4) is 0 Å². The van der Waals surface area contributed by atoms with Gasteiger partial charge in [0.05, 0.1) is 31.3 Å². The Labute approximate surface area is 309 Å². The zero-order valence-corrected chi connectivity index (χ0v) is 32.9. The molecule has 52 heavy (non-hydrogen) atoms. The summed E-state index contributed by atoms with van der Waals surface area (Å²) in [7, 11) is 3.25. The van der Waals surface area contributed by atoms with Gasteiger partial charge in [-0.05, 0) is 74.5 Å². The van der Waals surface area contributed by atoms with Gasteiger partial charge in [0.1, 0.15) is 12.8 Å². The van der Waals surface area contributed by atoms with E-state index in [0.717, 1.165) is 12.0 Å². The average Bonchev–Trinajstić information content (AvgIpc) is 3.48. The summed E-state index contributed by atoms with van der Waals surface area (Å²) in [6.07, 6.45) is 1.04. The van der Waals surface area contributed by atoms with Gasteiger partial charge in [0, 0.05) is 32.6 Å². The average molecular weight is 737 g/mol. The molecule has 14 nitrogen and oxygen atoms in total. The van der Waals surface area contributed by atoms with Crippen molar-refractivity contribution in [3.05, 3.63) is 23.8 Å². The number of hydrogen-bond donors (Lipinski definition) is 3. The number of hydrogen-bond acceptors (Lipinski definition) is 11. The van der Waals surface area contributed by atoms with E-state index in [1.807, 2.05) is 32.0 Å². The molecule has 0 saturated carbocycles. The molecule has 5 N–H and O–H groups in total. The third-order valence-electron chi connectivity index (χ3n) is 9.83. The first-order valence-electron chi connectivity index (χ1n) is 18.3. The molecule has 5 atom stereocenters. The molecule has 1 fully saturated rings. The molecule has 14 heteroatoms. The monoisotopic (exact) mass is 736 g/mol. The van der Waals surface area contributed by atoms with Crippen molar-refractivity contribution in [2.75, 3.05) is 47.5 Å². The number of nitrogens with two attached hydrogens (primary N) is 2. The molecule has 0 bridgehead atoms. The van der Waals surface area contributed by atoms with Crippen LogP contribution >= 0.6 is 0 Å². The third kappa shape index (κ3) is 13.4. The molecule has 1 aliphatic heterocycles. The summed E-state index contributed by atoms with van der Waals surface area (Å²) in [5.74, 6) is -0.563. The predicted octanol–water partition coefficient (Wildman–Crippen LogP) is 4.25. The number of benzene rings is 1. The summed E-state index contributed by atoms with van der Waals surface area (Å²) < 4.78 is 33.5. The smallest absolute Gasteiger partial charge is 0.414 e. The van der Waals surface area contributed by atoms with E-state index in [1.54, 1.807) is 41.9 Å². The van der Waals surface area contributed by atoms with Crippen molar-refractivity contribution in [2.24, 2.45) is 46.5 Å². The van der Waals surface area contributed by atoms with Crippen molar-refractivity contribution in [2.45, 2.75) is 99.3 Å². The van der Waals surface area contributed by atoms with Crippen LogP contribution in [0.2, 0.25) is 0 Å². The van der Waals surface area contributed by atoms with E-state index in [9.17, 15) is 19.2 Å². The van der Waals surface area contributed by atoms with Crippen LogP contribution in [0.25, 0.3) is 0 Å². The molecule has 0 aromatic heterocycles. The molecule has 2 unspecified atom stereocenters. The van der Waals surface area contributed by atoms with Crippen LogP contribution in [0.5, 0.6) is 11.5 Å². The standard InChI is InChI=1S/C38H64N4O10/c1-23(2)27(16-26-12-13-30(48-10)32(17-26)49-15-11-14-47-9)18-29-31(19-28(24(3)4)34(43)41-20-38(7,8)36(40)45)50-21-42(29)37(46)52-22-51-35(44)33(39)25(5)6/h12-13,17,23-25,27-29,31,33H,11,14-16,18-22,39H2,1-10H3,(H2,40,45)(H,41,43)/t27-,28+,29?,31?,33+/m1/s1. The van der Waals surface area contributed by atoms with Crippen molar-refractivity contribution >= 4 is 23.9 Å². The SMILES string of the molecule is COCCCOc1cc(C[C@H](CC2C(C[C@H](C(=O)NCC(C)(C)C(N)=O)C(C)C)OCN2C(=O)OCOC(=O)[C@@H](N)C(C)C)C(C)C)ccc1OC. The van der Waals surface area contributed by atoms with Gasteiger partial charge in [-0.25, -0.2) is 4.79 Å². The Morgan fingerprint density at radius 3 is 2.23 bits per heavy atom. The van der Waals surface area contributed by atoms with Crippen LogP contribution in [0, 0.1) is 35.0 Å². The molecule has 0 spiro atoms. The largest absolute Gasteiger partial charge is 0.493 e. The van der Waals surface area contributed by atoms with E-state index < -0.39 is 54.3 Å². The number of rotatable bonds is 22. The van der Waals surface area contributed by atoms with Crippen molar-refractivity contribution in [3.63, 3.8) is 0 Å². The molecule has 0 radical (unpaired) electrons. The summed E-state index contributed by atoms with van der Waals surface area (Å²) >= 11 is 0. The molecular weight excluding hydrogens is 672 g/mol. The van der Waals surface area contributed by atoms with Gasteiger partial charge >= 0.3 is 12.1 Å². The Bertz CT molecular complexity index is 1300. The zero-order chi connectivity index (χ0) is 39.2. The lowest BCUT2D eigenvalue weighted by molar-refractivity contribution is -0.155. The number of ether oxygens (including phenoxy) is 6. The second kappa shape index (κ2) is 21.2. The number of amides is 3. The van der Waals surface area contributed by atoms with E-state index in [-0.39, 0.29) is 42.9 Å². The first-order valence-corrected chi connectivity index (χ1v) is 18.3. The number of esters is 1. The minimum absolute atomic E-state index is 0.0679. The van der Waals surface area contributed by atoms with Gasteiger partial charge in [0.15, 0.2) is 11.5 Å². The molecule has 3 amide bonds. The molecule has 296 valence electrons. The highest BCUT2D eigenvalue weighted by atomic mass is 16.7. The Hall–Kier alpha value is -3.62. The Balaban J connectivity index is 2.35. The summed E-state index contributed by atoms with van der Waals surface area (Å²) in [5.41, 5.74) is 11.5. The van der Waals surface area contributed by atoms with E-state index in [2.05, 4.69) is 19.2 Å². The Morgan fingerprint density at radius 1 is 0.962 bits per heavy atom. The number of nitrogens with one attached hydrogen (secondary N) is 1. The lowest BCUT2D eigenvalue weighted by atomic mass is 9.80. The number of nitrogens with zero attached hydrogens (tertiary/aromatic N) is 1. The zero-order valence-electron chi connectivity index (χ0n) is 32.9. The fraction of sp³-hybridized carbons (Fsp3) is 0.737. The minimum Gasteiger partial charge on any atom is -0.493 e. The summed E-state index contributed by atoms with van der Waals surface area (Å²) in [5, 5.41) is 2.90. The number of primary amides is 1. The first kappa shape index (κ1) is 44.5. The normalized spacial score (nSPS) is 17.9. The van der Waals surface area contributed by atoms with Crippen LogP contribution in [-0.2, 0) is 39.8 Å². The summed E-state index contributed by atoms with van der Waals surface area (Å²) in [6, 6.07) is 4.57. The molecule has 1 aliphatic rings. The number of carbonyl (C=O) groups excluding carboxylic acids is 4. The molecule has 1 aromatic rings. The lowest BCUT2D eigenvalue weighted by Gasteiger charge is -2.33. The maximum atomic E-state index is 13.5. The van der Waals surface area contributed by atoms with Crippen molar-refractivity contribution in [1.82, 2.24) is 10.2 Å². The second-order valence-electron chi connectivity index (χ2n) is 15.3. The fourth-order valence-corrected chi connectivity index (χ4v) is 5.87. The van der Waals surface area contributed by atoms with E-state index >= 15 is 0 Å². The van der Waals surface area contributed by atoms with Crippen LogP contribution in [0.15, 0.2) is 18.2 Å². The molecule has 2 rings (SSSR count). The highest BCUT2D eigenvalue weighted by Gasteiger charge is 2.43. The molecular formula is C38H64N4O10. The summed E-state index contributed by atoms with van der Waals surface area (Å²) in [4.78, 5) is 52.7. The van der Waals surface area contributed by atoms with Gasteiger partial charge in [-0.1, -0.05) is 47.6 Å². The Kier molecular flexibility index (Phi) is 18.1. The molecule has 1 saturated heterocycles. The quantitative estimate of drug-likeness (QED) is 0.0876. The first-order chi connectivity index (χ1) is 24.4. The second-order valence-corrected chi connectivity index (χ2v) is 15.3. The Morgan fingerprint density at radius 2 is 1.65 bits per heavy atom. The maximum absolute atomic E-state index is 13.5. The van der Waals surface area contributed by atoms with E-state index in [4.69, 9.17) is 39.9 Å². The fourth-order valence-electron chi connectivity index (χ4n) is 5.87. The molecule has 1 heterocycles. The van der Waals surface area contributed by atoms with Gasteiger partial charge in [-0.15, -0.1) is 0 Å². The van der Waals surface area contributed by atoms with E-state index in [0.29, 0.717) is 44.0 Å². The van der Waals surface area contributed by atoms with Crippen LogP contribution in [0.4, 0.5) is 4.79 Å². The van der Waals surface area contributed by atoms with Gasteiger partial charge < -0.3 is 45.2 Å². The van der Waals surface area contributed by atoms with Crippen molar-refractivity contribution in [1.29, 1.82) is 0 Å². The van der Waals surface area contributed by atoms with Gasteiger partial charge in [-0.3, -0.25) is 19.3 Å². The van der Waals surface area contributed by atoms with Gasteiger partial charge in [0.2, 0.25) is 18.6 Å². The van der Waals surface area contributed by atoms with Crippen molar-refractivity contribution < 1.29 is 47.6 Å². The highest BCUT2D eigenvalue weighted by Crippen LogP contribution is 2.36. The molecule has 0 aliphatic carbocycles. The third-order valence-corrected chi connectivity index (χ3v) is 9.83. The van der Waals surface area contributed by atoms with Crippen molar-refractivity contribution in [3.8, 4) is 11.5 Å². The predicted molar refractivity (Wildman–Crippen MR) is 196 cm³/mol. The number of carbonyl (C=O) groups is 4. The lowest BCUT2D eigenvalue weighted by Crippen LogP contribution is -2.47. The topological polar surface area (TPSA) is 191 Å². The highest BCUT2D eigenvalue weighted by molar-refractivity contribution is 5.83. The van der Waals surface area contributed by atoms with Crippen LogP contribution in [0.1, 0.15) is 80.2 Å². The molecule has 1 aromatic carbocycles. The number of methoxy groups -OCH3 is 2. The van der Waals surface area contributed by atoms with E-state index in [1.165, 1.54) is 4.90 Å². The van der Waals surface area contributed by atoms with Gasteiger partial charge in [-0.2, -0.15) is 0 Å².